The zero-order chi connectivity index (χ0) is 11.8. The van der Waals surface area contributed by atoms with Crippen LogP contribution in [0.4, 0.5) is 11.6 Å². The Bertz CT molecular complexity index is 399. The van der Waals surface area contributed by atoms with E-state index in [1.807, 2.05) is 13.0 Å². The van der Waals surface area contributed by atoms with Crippen LogP contribution in [0.5, 0.6) is 0 Å². The number of nitrogens with two attached hydrogens (primary N) is 1. The van der Waals surface area contributed by atoms with Gasteiger partial charge in [-0.1, -0.05) is 0 Å². The number of aryl methyl sites for hydroxylation is 1. The molecule has 0 aromatic carbocycles. The Morgan fingerprint density at radius 3 is 3.06 bits per heavy atom. The van der Waals surface area contributed by atoms with Crippen LogP contribution in [0, 0.1) is 6.92 Å². The van der Waals surface area contributed by atoms with E-state index in [-0.39, 0.29) is 0 Å². The van der Waals surface area contributed by atoms with Gasteiger partial charge in [0.1, 0.15) is 17.5 Å². The third-order valence-corrected chi connectivity index (χ3v) is 3.80. The third kappa shape index (κ3) is 2.07. The first-order valence-corrected chi connectivity index (χ1v) is 6.34. The average Bonchev–Trinajstić information content (AvgIpc) is 2.81. The number of hydrogen-bond acceptors (Lipinski definition) is 5. The lowest BCUT2D eigenvalue weighted by Crippen LogP contribution is -2.34. The van der Waals surface area contributed by atoms with Gasteiger partial charge in [0, 0.05) is 24.7 Å². The predicted octanol–water partition coefficient (Wildman–Crippen LogP) is 1.02. The lowest BCUT2D eigenvalue weighted by atomic mass is 10.1. The molecule has 0 radical (unpaired) electrons. The molecule has 0 bridgehead atoms. The Labute approximate surface area is 101 Å². The van der Waals surface area contributed by atoms with Crippen LogP contribution >= 0.6 is 0 Å². The van der Waals surface area contributed by atoms with E-state index in [4.69, 9.17) is 5.73 Å². The molecule has 0 aliphatic carbocycles. The fourth-order valence-corrected chi connectivity index (χ4v) is 3.11. The second kappa shape index (κ2) is 4.14. The van der Waals surface area contributed by atoms with Gasteiger partial charge in [0.25, 0.3) is 0 Å². The van der Waals surface area contributed by atoms with Crippen LogP contribution in [0.15, 0.2) is 6.07 Å². The van der Waals surface area contributed by atoms with Gasteiger partial charge >= 0.3 is 0 Å². The first kappa shape index (κ1) is 10.8. The molecule has 17 heavy (non-hydrogen) atoms. The number of rotatable bonds is 2. The van der Waals surface area contributed by atoms with E-state index in [2.05, 4.69) is 20.2 Å². The van der Waals surface area contributed by atoms with Crippen molar-refractivity contribution in [1.29, 1.82) is 0 Å². The lowest BCUT2D eigenvalue weighted by molar-refractivity contribution is 0.318. The maximum absolute atomic E-state index is 5.74. The third-order valence-electron chi connectivity index (χ3n) is 3.80. The summed E-state index contributed by atoms with van der Waals surface area (Å²) in [4.78, 5) is 11.1. The fraction of sp³-hybridized carbons (Fsp3) is 0.667. The van der Waals surface area contributed by atoms with E-state index in [0.29, 0.717) is 17.9 Å². The Morgan fingerprint density at radius 1 is 1.35 bits per heavy atom. The molecule has 3 rings (SSSR count). The molecule has 2 unspecified atom stereocenters. The molecule has 2 atom stereocenters. The van der Waals surface area contributed by atoms with E-state index < -0.39 is 0 Å². The van der Waals surface area contributed by atoms with Gasteiger partial charge in [-0.05, 0) is 32.7 Å². The molecule has 1 aromatic rings. The lowest BCUT2D eigenvalue weighted by Gasteiger charge is -2.21. The molecule has 0 saturated carbocycles. The highest BCUT2D eigenvalue weighted by Gasteiger charge is 2.37. The molecule has 2 aliphatic heterocycles. The fourth-order valence-electron chi connectivity index (χ4n) is 3.11. The maximum Gasteiger partial charge on any atom is 0.132 e. The van der Waals surface area contributed by atoms with E-state index >= 15 is 0 Å². The Hall–Kier alpha value is -1.36. The van der Waals surface area contributed by atoms with Crippen LogP contribution in [0.1, 0.15) is 25.1 Å². The number of nitrogen functional groups attached to an aromatic ring is 1. The molecule has 92 valence electrons. The van der Waals surface area contributed by atoms with Gasteiger partial charge in [0.2, 0.25) is 0 Å². The topological polar surface area (TPSA) is 67.1 Å². The van der Waals surface area contributed by atoms with E-state index in [1.165, 1.54) is 32.4 Å². The largest absolute Gasteiger partial charge is 0.384 e. The molecule has 5 heteroatoms. The Kier molecular flexibility index (Phi) is 2.63. The van der Waals surface area contributed by atoms with Crippen molar-refractivity contribution in [2.45, 2.75) is 38.3 Å². The van der Waals surface area contributed by atoms with Gasteiger partial charge < -0.3 is 11.1 Å². The van der Waals surface area contributed by atoms with Gasteiger partial charge in [0.15, 0.2) is 0 Å². The van der Waals surface area contributed by atoms with Crippen molar-refractivity contribution < 1.29 is 0 Å². The molecule has 2 saturated heterocycles. The summed E-state index contributed by atoms with van der Waals surface area (Å²) in [5, 5.41) is 3.52. The van der Waals surface area contributed by atoms with Crippen molar-refractivity contribution in [2.24, 2.45) is 0 Å². The standard InChI is InChI=1S/C12H19N5/c1-8-14-11(13)7-12(15-8)16-9-4-6-17-5-2-3-10(9)17/h7,9-10H,2-6H2,1H3,(H3,13,14,15,16). The summed E-state index contributed by atoms with van der Waals surface area (Å²) >= 11 is 0. The molecule has 0 spiro atoms. The summed E-state index contributed by atoms with van der Waals surface area (Å²) in [7, 11) is 0. The van der Waals surface area contributed by atoms with E-state index in [1.54, 1.807) is 0 Å². The highest BCUT2D eigenvalue weighted by Crippen LogP contribution is 2.29. The summed E-state index contributed by atoms with van der Waals surface area (Å²) in [6.07, 6.45) is 3.83. The monoisotopic (exact) mass is 233 g/mol. The van der Waals surface area contributed by atoms with Gasteiger partial charge in [-0.25, -0.2) is 9.97 Å². The predicted molar refractivity (Wildman–Crippen MR) is 67.8 cm³/mol. The maximum atomic E-state index is 5.74. The Balaban J connectivity index is 1.74. The number of fused-ring (bicyclic) bond motifs is 1. The molecular weight excluding hydrogens is 214 g/mol. The summed E-state index contributed by atoms with van der Waals surface area (Å²) in [5.74, 6) is 2.14. The van der Waals surface area contributed by atoms with Crippen molar-refractivity contribution in [3.8, 4) is 0 Å². The highest BCUT2D eigenvalue weighted by molar-refractivity contribution is 5.45. The van der Waals surface area contributed by atoms with Crippen LogP contribution < -0.4 is 11.1 Å². The molecule has 2 fully saturated rings. The number of hydrogen-bond donors (Lipinski definition) is 2. The van der Waals surface area contributed by atoms with Crippen molar-refractivity contribution in [1.82, 2.24) is 14.9 Å². The second-order valence-corrected chi connectivity index (χ2v) is 5.01. The number of nitrogens with one attached hydrogen (secondary N) is 1. The van der Waals surface area contributed by atoms with Crippen LogP contribution in [0.25, 0.3) is 0 Å². The SMILES string of the molecule is Cc1nc(N)cc(NC2CCN3CCCC23)n1. The molecular formula is C12H19N5. The van der Waals surface area contributed by atoms with Crippen molar-refractivity contribution in [3.63, 3.8) is 0 Å². The average molecular weight is 233 g/mol. The van der Waals surface area contributed by atoms with Crippen molar-refractivity contribution >= 4 is 11.6 Å². The number of nitrogens with zero attached hydrogens (tertiary/aromatic N) is 3. The quantitative estimate of drug-likeness (QED) is 0.798. The first-order chi connectivity index (χ1) is 8.22. The summed E-state index contributed by atoms with van der Waals surface area (Å²) in [6.45, 7) is 4.34. The molecule has 2 aliphatic rings. The van der Waals surface area contributed by atoms with Gasteiger partial charge in [-0.3, -0.25) is 4.90 Å². The minimum absolute atomic E-state index is 0.520. The highest BCUT2D eigenvalue weighted by atomic mass is 15.2. The zero-order valence-electron chi connectivity index (χ0n) is 10.2. The summed E-state index contributed by atoms with van der Waals surface area (Å²) in [5.41, 5.74) is 5.74. The molecule has 3 N–H and O–H groups in total. The zero-order valence-corrected chi connectivity index (χ0v) is 10.2. The van der Waals surface area contributed by atoms with Gasteiger partial charge in [-0.2, -0.15) is 0 Å². The van der Waals surface area contributed by atoms with Crippen LogP contribution in [-0.2, 0) is 0 Å². The molecule has 1 aromatic heterocycles. The number of aromatic nitrogens is 2. The molecule has 0 amide bonds. The normalized spacial score (nSPS) is 28.3. The molecule has 5 nitrogen and oxygen atoms in total. The summed E-state index contributed by atoms with van der Waals surface area (Å²) in [6, 6.07) is 3.03. The number of anilines is 2. The minimum atomic E-state index is 0.520. The first-order valence-electron chi connectivity index (χ1n) is 6.34. The van der Waals surface area contributed by atoms with Crippen molar-refractivity contribution in [2.75, 3.05) is 24.1 Å². The van der Waals surface area contributed by atoms with E-state index in [0.717, 1.165) is 11.6 Å². The smallest absolute Gasteiger partial charge is 0.132 e. The van der Waals surface area contributed by atoms with Gasteiger partial charge in [-0.15, -0.1) is 0 Å². The van der Waals surface area contributed by atoms with Gasteiger partial charge in [0.05, 0.1) is 0 Å². The van der Waals surface area contributed by atoms with Crippen LogP contribution in [0.2, 0.25) is 0 Å². The molecule has 3 heterocycles. The Morgan fingerprint density at radius 2 is 2.24 bits per heavy atom. The minimum Gasteiger partial charge on any atom is -0.384 e. The summed E-state index contributed by atoms with van der Waals surface area (Å²) < 4.78 is 0. The van der Waals surface area contributed by atoms with Crippen LogP contribution in [0.3, 0.4) is 0 Å². The van der Waals surface area contributed by atoms with Crippen molar-refractivity contribution in [3.05, 3.63) is 11.9 Å². The van der Waals surface area contributed by atoms with Crippen LogP contribution in [-0.4, -0.2) is 40.0 Å². The second-order valence-electron chi connectivity index (χ2n) is 5.01. The van der Waals surface area contributed by atoms with E-state index in [9.17, 15) is 0 Å².